The van der Waals surface area contributed by atoms with E-state index in [9.17, 15) is 9.59 Å². The summed E-state index contributed by atoms with van der Waals surface area (Å²) in [6.07, 6.45) is 2.10. The molecule has 2 amide bonds. The normalized spacial score (nSPS) is 15.5. The van der Waals surface area contributed by atoms with E-state index in [0.29, 0.717) is 43.3 Å². The number of ether oxygens (including phenoxy) is 1. The predicted molar refractivity (Wildman–Crippen MR) is 86.2 cm³/mol. The predicted octanol–water partition coefficient (Wildman–Crippen LogP) is 3.31. The maximum absolute atomic E-state index is 12.3. The molecular weight excluding hydrogens is 280 g/mol. The number of rotatable bonds is 5. The van der Waals surface area contributed by atoms with Crippen molar-refractivity contribution in [2.75, 3.05) is 25.0 Å². The summed E-state index contributed by atoms with van der Waals surface area (Å²) in [7, 11) is 0. The van der Waals surface area contributed by atoms with Crippen molar-refractivity contribution in [2.24, 2.45) is 5.92 Å². The molecule has 0 radical (unpaired) electrons. The van der Waals surface area contributed by atoms with Crippen molar-refractivity contribution in [1.29, 1.82) is 0 Å². The summed E-state index contributed by atoms with van der Waals surface area (Å²) in [4.78, 5) is 25.8. The van der Waals surface area contributed by atoms with Gasteiger partial charge in [0.15, 0.2) is 0 Å². The molecule has 0 saturated carbocycles. The van der Waals surface area contributed by atoms with Gasteiger partial charge in [0.2, 0.25) is 0 Å². The molecule has 0 unspecified atom stereocenters. The summed E-state index contributed by atoms with van der Waals surface area (Å²) in [5.41, 5.74) is 0.682. The number of para-hydroxylation sites is 2. The number of nitrogens with one attached hydrogen (secondary N) is 1. The van der Waals surface area contributed by atoms with Crippen LogP contribution < -0.4 is 10.1 Å². The molecule has 0 aromatic heterocycles. The molecule has 0 atom stereocenters. The Balaban J connectivity index is 1.92. The van der Waals surface area contributed by atoms with Crippen LogP contribution in [0.1, 0.15) is 33.1 Å². The van der Waals surface area contributed by atoms with Gasteiger partial charge in [0.25, 0.3) is 0 Å². The molecule has 0 spiro atoms. The average Bonchev–Trinajstić information content (AvgIpc) is 2.56. The Morgan fingerprint density at radius 2 is 1.91 bits per heavy atom. The molecule has 22 heavy (non-hydrogen) atoms. The second-order valence-electron chi connectivity index (χ2n) is 5.44. The lowest BCUT2D eigenvalue weighted by Gasteiger charge is -2.31. The van der Waals surface area contributed by atoms with Crippen LogP contribution in [-0.4, -0.2) is 36.4 Å². The second-order valence-corrected chi connectivity index (χ2v) is 5.44. The van der Waals surface area contributed by atoms with E-state index >= 15 is 0 Å². The Labute approximate surface area is 131 Å². The van der Waals surface area contributed by atoms with Crippen molar-refractivity contribution in [1.82, 2.24) is 4.90 Å². The summed E-state index contributed by atoms with van der Waals surface area (Å²) in [6.45, 7) is 5.61. The number of ketones is 1. The highest BCUT2D eigenvalue weighted by atomic mass is 16.5. The number of amides is 2. The number of piperidine rings is 1. The third kappa shape index (κ3) is 4.00. The van der Waals surface area contributed by atoms with Gasteiger partial charge in [-0.2, -0.15) is 0 Å². The largest absolute Gasteiger partial charge is 0.492 e. The lowest BCUT2D eigenvalue weighted by molar-refractivity contribution is -0.123. The first-order valence-corrected chi connectivity index (χ1v) is 7.96. The minimum atomic E-state index is -0.130. The van der Waals surface area contributed by atoms with E-state index in [1.54, 1.807) is 4.90 Å². The van der Waals surface area contributed by atoms with Crippen LogP contribution in [0.25, 0.3) is 0 Å². The lowest BCUT2D eigenvalue weighted by Crippen LogP contribution is -2.42. The third-order valence-corrected chi connectivity index (χ3v) is 4.01. The average molecular weight is 304 g/mol. The second kappa shape index (κ2) is 7.82. The van der Waals surface area contributed by atoms with E-state index in [2.05, 4.69) is 5.32 Å². The lowest BCUT2D eigenvalue weighted by atomic mass is 9.91. The van der Waals surface area contributed by atoms with Crippen LogP contribution in [0.3, 0.4) is 0 Å². The highest BCUT2D eigenvalue weighted by molar-refractivity contribution is 5.91. The number of hydrogen-bond acceptors (Lipinski definition) is 3. The number of Topliss-reactive ketones (excluding diaryl/α,β-unsaturated/α-hetero) is 1. The van der Waals surface area contributed by atoms with Crippen molar-refractivity contribution in [3.63, 3.8) is 0 Å². The van der Waals surface area contributed by atoms with Gasteiger partial charge in [0, 0.05) is 25.4 Å². The van der Waals surface area contributed by atoms with Crippen LogP contribution in [0.4, 0.5) is 10.5 Å². The summed E-state index contributed by atoms with van der Waals surface area (Å²) in [5, 5.41) is 2.90. The molecule has 2 rings (SSSR count). The zero-order valence-electron chi connectivity index (χ0n) is 13.3. The van der Waals surface area contributed by atoms with Gasteiger partial charge in [-0.15, -0.1) is 0 Å². The van der Waals surface area contributed by atoms with E-state index in [-0.39, 0.29) is 11.9 Å². The standard InChI is InChI=1S/C17H24N2O3/c1-3-15(20)13-9-11-19(12-10-13)17(21)18-14-7-5-6-8-16(14)22-4-2/h5-8,13H,3-4,9-12H2,1-2H3,(H,18,21). The van der Waals surface area contributed by atoms with E-state index < -0.39 is 0 Å². The number of carbonyl (C=O) groups is 2. The number of benzene rings is 1. The van der Waals surface area contributed by atoms with Gasteiger partial charge in [-0.1, -0.05) is 19.1 Å². The zero-order chi connectivity index (χ0) is 15.9. The molecule has 0 bridgehead atoms. The molecule has 1 aliphatic rings. The first-order chi connectivity index (χ1) is 10.7. The molecule has 1 aromatic carbocycles. The van der Waals surface area contributed by atoms with Crippen LogP contribution in [0, 0.1) is 5.92 Å². The van der Waals surface area contributed by atoms with Crippen LogP contribution in [0.15, 0.2) is 24.3 Å². The Kier molecular flexibility index (Phi) is 5.81. The van der Waals surface area contributed by atoms with Crippen molar-refractivity contribution in [3.8, 4) is 5.75 Å². The fourth-order valence-corrected chi connectivity index (χ4v) is 2.74. The molecule has 1 aromatic rings. The smallest absolute Gasteiger partial charge is 0.321 e. The Hall–Kier alpha value is -2.04. The maximum atomic E-state index is 12.3. The number of hydrogen-bond donors (Lipinski definition) is 1. The van der Waals surface area contributed by atoms with Gasteiger partial charge in [-0.05, 0) is 31.9 Å². The fourth-order valence-electron chi connectivity index (χ4n) is 2.74. The third-order valence-electron chi connectivity index (χ3n) is 4.01. The minimum Gasteiger partial charge on any atom is -0.492 e. The molecule has 1 fully saturated rings. The van der Waals surface area contributed by atoms with E-state index in [1.807, 2.05) is 38.1 Å². The van der Waals surface area contributed by atoms with E-state index in [4.69, 9.17) is 4.74 Å². The fraction of sp³-hybridized carbons (Fsp3) is 0.529. The van der Waals surface area contributed by atoms with Gasteiger partial charge in [0.05, 0.1) is 12.3 Å². The van der Waals surface area contributed by atoms with Gasteiger partial charge in [-0.3, -0.25) is 4.79 Å². The molecule has 1 N–H and O–H groups in total. The van der Waals surface area contributed by atoms with E-state index in [1.165, 1.54) is 0 Å². The summed E-state index contributed by atoms with van der Waals surface area (Å²) < 4.78 is 5.51. The van der Waals surface area contributed by atoms with E-state index in [0.717, 1.165) is 12.8 Å². The Morgan fingerprint density at radius 1 is 1.23 bits per heavy atom. The van der Waals surface area contributed by atoms with Gasteiger partial charge >= 0.3 is 6.03 Å². The Morgan fingerprint density at radius 3 is 2.55 bits per heavy atom. The monoisotopic (exact) mass is 304 g/mol. The van der Waals surface area contributed by atoms with Gasteiger partial charge in [-0.25, -0.2) is 4.79 Å². The quantitative estimate of drug-likeness (QED) is 0.908. The van der Waals surface area contributed by atoms with Gasteiger partial charge in [0.1, 0.15) is 11.5 Å². The van der Waals surface area contributed by atoms with Gasteiger partial charge < -0.3 is 15.0 Å². The van der Waals surface area contributed by atoms with Crippen molar-refractivity contribution < 1.29 is 14.3 Å². The molecule has 1 saturated heterocycles. The number of nitrogens with zero attached hydrogens (tertiary/aromatic N) is 1. The van der Waals surface area contributed by atoms with Crippen molar-refractivity contribution >= 4 is 17.5 Å². The molecule has 5 nitrogen and oxygen atoms in total. The zero-order valence-corrected chi connectivity index (χ0v) is 13.3. The minimum absolute atomic E-state index is 0.116. The molecule has 120 valence electrons. The molecular formula is C17H24N2O3. The SMILES string of the molecule is CCOc1ccccc1NC(=O)N1CCC(C(=O)CC)CC1. The molecule has 1 heterocycles. The van der Waals surface area contributed by atoms with Crippen molar-refractivity contribution in [3.05, 3.63) is 24.3 Å². The van der Waals surface area contributed by atoms with Crippen molar-refractivity contribution in [2.45, 2.75) is 33.1 Å². The van der Waals surface area contributed by atoms with Crippen LogP contribution in [-0.2, 0) is 4.79 Å². The number of urea groups is 1. The highest BCUT2D eigenvalue weighted by Crippen LogP contribution is 2.25. The van der Waals surface area contributed by atoms with Crippen LogP contribution >= 0.6 is 0 Å². The summed E-state index contributed by atoms with van der Waals surface area (Å²) in [5.74, 6) is 1.10. The Bertz CT molecular complexity index is 522. The molecule has 1 aliphatic heterocycles. The maximum Gasteiger partial charge on any atom is 0.321 e. The molecule has 0 aliphatic carbocycles. The topological polar surface area (TPSA) is 58.6 Å². The molecule has 5 heteroatoms. The first kappa shape index (κ1) is 16.3. The number of likely N-dealkylation sites (tertiary alicyclic amines) is 1. The number of carbonyl (C=O) groups excluding carboxylic acids is 2. The summed E-state index contributed by atoms with van der Waals surface area (Å²) in [6, 6.07) is 7.28. The first-order valence-electron chi connectivity index (χ1n) is 7.96. The highest BCUT2D eigenvalue weighted by Gasteiger charge is 2.26. The number of anilines is 1. The van der Waals surface area contributed by atoms with Crippen LogP contribution in [0.5, 0.6) is 5.75 Å². The van der Waals surface area contributed by atoms with Crippen LogP contribution in [0.2, 0.25) is 0 Å². The summed E-state index contributed by atoms with van der Waals surface area (Å²) >= 11 is 0.